The van der Waals surface area contributed by atoms with Gasteiger partial charge in [-0.1, -0.05) is 48.5 Å². The molecule has 0 aliphatic heterocycles. The number of benzene rings is 2. The minimum Gasteiger partial charge on any atom is -0.479 e. The van der Waals surface area contributed by atoms with Gasteiger partial charge < -0.3 is 25.2 Å². The van der Waals surface area contributed by atoms with Crippen molar-refractivity contribution >= 4 is 18.0 Å². The minimum absolute atomic E-state index is 0.131. The number of carbonyl (C=O) groups is 3. The third kappa shape index (κ3) is 6.50. The van der Waals surface area contributed by atoms with Crippen LogP contribution >= 0.6 is 0 Å². The van der Waals surface area contributed by atoms with E-state index in [1.54, 1.807) is 5.32 Å². The van der Waals surface area contributed by atoms with E-state index in [0.717, 1.165) is 22.3 Å². The lowest BCUT2D eigenvalue weighted by Gasteiger charge is -2.22. The summed E-state index contributed by atoms with van der Waals surface area (Å²) in [5.74, 6) is -2.60. The largest absolute Gasteiger partial charge is 0.479 e. The predicted molar refractivity (Wildman–Crippen MR) is 119 cm³/mol. The lowest BCUT2D eigenvalue weighted by atomic mass is 9.98. The first kappa shape index (κ1) is 26.0. The summed E-state index contributed by atoms with van der Waals surface area (Å²) in [5, 5.41) is 12.8. The van der Waals surface area contributed by atoms with Crippen molar-refractivity contribution in [1.29, 1.82) is 0 Å². The molecule has 2 aromatic carbocycles. The molecule has 188 valence electrons. The Labute approximate surface area is 199 Å². The number of methoxy groups -OCH3 is 1. The van der Waals surface area contributed by atoms with Gasteiger partial charge in [0.1, 0.15) is 12.6 Å². The van der Waals surface area contributed by atoms with Crippen molar-refractivity contribution in [3.63, 3.8) is 0 Å². The fourth-order valence-corrected chi connectivity index (χ4v) is 3.97. The Hall–Kier alpha value is -3.60. The predicted octanol–water partition coefficient (Wildman–Crippen LogP) is 3.45. The number of alkyl carbamates (subject to hydrolysis) is 1. The number of aliphatic carboxylic acids is 1. The van der Waals surface area contributed by atoms with E-state index in [4.69, 9.17) is 14.6 Å². The molecule has 0 radical (unpaired) electrons. The monoisotopic (exact) mass is 494 g/mol. The molecule has 1 aliphatic rings. The van der Waals surface area contributed by atoms with Gasteiger partial charge in [-0.05, 0) is 22.3 Å². The highest BCUT2D eigenvalue weighted by Crippen LogP contribution is 2.44. The second-order valence-electron chi connectivity index (χ2n) is 7.97. The van der Waals surface area contributed by atoms with E-state index in [1.165, 1.54) is 7.11 Å². The third-order valence-electron chi connectivity index (χ3n) is 5.71. The number of rotatable bonds is 10. The maximum absolute atomic E-state index is 13.4. The summed E-state index contributed by atoms with van der Waals surface area (Å²) in [6.07, 6.45) is -8.62. The topological polar surface area (TPSA) is 114 Å². The van der Waals surface area contributed by atoms with E-state index in [9.17, 15) is 27.6 Å². The SMILES string of the molecule is COC(CCNC(=O)CC(NC(=O)OCC1c2ccccc2-c2ccccc21)C(F)(F)F)C(=O)O. The molecule has 2 aromatic rings. The van der Waals surface area contributed by atoms with Crippen molar-refractivity contribution in [2.45, 2.75) is 37.1 Å². The smallest absolute Gasteiger partial charge is 0.409 e. The number of carboxylic acids is 1. The molecule has 0 fully saturated rings. The van der Waals surface area contributed by atoms with Crippen LogP contribution in [0.2, 0.25) is 0 Å². The molecule has 3 N–H and O–H groups in total. The number of nitrogens with one attached hydrogen (secondary N) is 2. The zero-order chi connectivity index (χ0) is 25.6. The molecule has 1 aliphatic carbocycles. The Bertz CT molecular complexity index is 1030. The quantitative estimate of drug-likeness (QED) is 0.466. The van der Waals surface area contributed by atoms with Crippen LogP contribution in [0.1, 0.15) is 29.9 Å². The normalized spacial score (nSPS) is 14.4. The molecule has 0 saturated heterocycles. The average molecular weight is 494 g/mol. The fraction of sp³-hybridized carbons (Fsp3) is 0.375. The van der Waals surface area contributed by atoms with Crippen LogP contribution in [-0.2, 0) is 19.1 Å². The summed E-state index contributed by atoms with van der Waals surface area (Å²) in [6.45, 7) is -0.386. The van der Waals surface area contributed by atoms with Gasteiger partial charge in [-0.2, -0.15) is 13.2 Å². The Morgan fingerprint density at radius 3 is 2.11 bits per heavy atom. The second-order valence-corrected chi connectivity index (χ2v) is 7.97. The fourth-order valence-electron chi connectivity index (χ4n) is 3.97. The van der Waals surface area contributed by atoms with Crippen LogP contribution in [0.3, 0.4) is 0 Å². The van der Waals surface area contributed by atoms with Gasteiger partial charge in [0.15, 0.2) is 6.10 Å². The van der Waals surface area contributed by atoms with Gasteiger partial charge in [0.2, 0.25) is 5.91 Å². The van der Waals surface area contributed by atoms with E-state index < -0.39 is 42.7 Å². The number of amides is 2. The number of carbonyl (C=O) groups excluding carboxylic acids is 2. The van der Waals surface area contributed by atoms with E-state index in [2.05, 4.69) is 5.32 Å². The zero-order valence-corrected chi connectivity index (χ0v) is 18.8. The Morgan fingerprint density at radius 2 is 1.60 bits per heavy atom. The van der Waals surface area contributed by atoms with Crippen molar-refractivity contribution in [3.05, 3.63) is 59.7 Å². The summed E-state index contributed by atoms with van der Waals surface area (Å²) in [4.78, 5) is 35.1. The molecule has 2 unspecified atom stereocenters. The summed E-state index contributed by atoms with van der Waals surface area (Å²) in [5.41, 5.74) is 3.76. The van der Waals surface area contributed by atoms with Crippen LogP contribution in [0.4, 0.5) is 18.0 Å². The Kier molecular flexibility index (Phi) is 8.34. The second kappa shape index (κ2) is 11.2. The summed E-state index contributed by atoms with van der Waals surface area (Å²) in [6, 6.07) is 12.6. The number of alkyl halides is 3. The number of halogens is 3. The highest BCUT2D eigenvalue weighted by molar-refractivity contribution is 5.80. The van der Waals surface area contributed by atoms with Gasteiger partial charge in [-0.25, -0.2) is 9.59 Å². The van der Waals surface area contributed by atoms with Crippen molar-refractivity contribution in [2.24, 2.45) is 0 Å². The highest BCUT2D eigenvalue weighted by Gasteiger charge is 2.42. The van der Waals surface area contributed by atoms with Gasteiger partial charge in [-0.15, -0.1) is 0 Å². The standard InChI is InChI=1S/C24H25F3N2O6/c1-34-19(22(31)32)10-11-28-21(30)12-20(24(25,26)27)29-23(33)35-13-18-16-8-4-2-6-14(16)15-7-3-5-9-17(15)18/h2-9,18-20H,10-13H2,1H3,(H,28,30)(H,29,33)(H,31,32). The van der Waals surface area contributed by atoms with Crippen molar-refractivity contribution in [3.8, 4) is 11.1 Å². The van der Waals surface area contributed by atoms with Crippen LogP contribution < -0.4 is 10.6 Å². The molecule has 0 saturated carbocycles. The molecule has 35 heavy (non-hydrogen) atoms. The first-order valence-corrected chi connectivity index (χ1v) is 10.8. The molecular formula is C24H25F3N2O6. The number of ether oxygens (including phenoxy) is 2. The molecule has 2 atom stereocenters. The lowest BCUT2D eigenvalue weighted by Crippen LogP contribution is -2.48. The van der Waals surface area contributed by atoms with Gasteiger partial charge in [0.25, 0.3) is 0 Å². The van der Waals surface area contributed by atoms with Gasteiger partial charge in [-0.3, -0.25) is 4.79 Å². The third-order valence-corrected chi connectivity index (χ3v) is 5.71. The molecule has 0 aromatic heterocycles. The van der Waals surface area contributed by atoms with Crippen molar-refractivity contribution in [2.75, 3.05) is 20.3 Å². The Balaban J connectivity index is 1.57. The zero-order valence-electron chi connectivity index (χ0n) is 18.8. The van der Waals surface area contributed by atoms with Crippen LogP contribution in [0.5, 0.6) is 0 Å². The minimum atomic E-state index is -4.90. The first-order chi connectivity index (χ1) is 16.6. The summed E-state index contributed by atoms with van der Waals surface area (Å²) >= 11 is 0. The lowest BCUT2D eigenvalue weighted by molar-refractivity contribution is -0.160. The van der Waals surface area contributed by atoms with Gasteiger partial charge in [0.05, 0.1) is 6.42 Å². The van der Waals surface area contributed by atoms with E-state index in [-0.39, 0.29) is 25.5 Å². The van der Waals surface area contributed by atoms with E-state index in [1.807, 2.05) is 48.5 Å². The van der Waals surface area contributed by atoms with E-state index in [0.29, 0.717) is 0 Å². The summed E-state index contributed by atoms with van der Waals surface area (Å²) < 4.78 is 50.1. The van der Waals surface area contributed by atoms with Crippen molar-refractivity contribution in [1.82, 2.24) is 10.6 Å². The molecule has 8 nitrogen and oxygen atoms in total. The number of carboxylic acid groups (broad SMARTS) is 1. The van der Waals surface area contributed by atoms with E-state index >= 15 is 0 Å². The molecule has 0 heterocycles. The number of fused-ring (bicyclic) bond motifs is 3. The number of hydrogen-bond donors (Lipinski definition) is 3. The van der Waals surface area contributed by atoms with Crippen LogP contribution in [0.15, 0.2) is 48.5 Å². The molecule has 11 heteroatoms. The van der Waals surface area contributed by atoms with Crippen LogP contribution in [-0.4, -0.2) is 61.7 Å². The molecule has 2 amide bonds. The number of hydrogen-bond acceptors (Lipinski definition) is 5. The Morgan fingerprint density at radius 1 is 1.03 bits per heavy atom. The average Bonchev–Trinajstić information content (AvgIpc) is 3.13. The molecule has 3 rings (SSSR count). The summed E-state index contributed by atoms with van der Waals surface area (Å²) in [7, 11) is 1.17. The molecule has 0 spiro atoms. The maximum Gasteiger partial charge on any atom is 0.409 e. The van der Waals surface area contributed by atoms with Gasteiger partial charge in [0, 0.05) is 26.0 Å². The first-order valence-electron chi connectivity index (χ1n) is 10.8. The highest BCUT2D eigenvalue weighted by atomic mass is 19.4. The van der Waals surface area contributed by atoms with Gasteiger partial charge >= 0.3 is 18.2 Å². The van der Waals surface area contributed by atoms with Crippen LogP contribution in [0.25, 0.3) is 11.1 Å². The molecular weight excluding hydrogens is 469 g/mol. The maximum atomic E-state index is 13.4. The molecule has 0 bridgehead atoms. The van der Waals surface area contributed by atoms with Crippen LogP contribution in [0, 0.1) is 0 Å². The van der Waals surface area contributed by atoms with Crippen molar-refractivity contribution < 1.29 is 42.1 Å².